The molecule has 2 aromatic rings. The summed E-state index contributed by atoms with van der Waals surface area (Å²) in [6, 6.07) is 6.70. The minimum Gasteiger partial charge on any atom is -0.353 e. The number of hydrogen-bond acceptors (Lipinski definition) is 6. The van der Waals surface area contributed by atoms with E-state index in [1.54, 1.807) is 22.3 Å². The van der Waals surface area contributed by atoms with E-state index in [-0.39, 0.29) is 29.7 Å². The molecule has 0 spiro atoms. The molecule has 1 saturated heterocycles. The molecule has 0 bridgehead atoms. The molecular weight excluding hydrogens is 420 g/mol. The molecule has 2 aromatic heterocycles. The lowest BCUT2D eigenvalue weighted by Crippen LogP contribution is -2.47. The molecule has 1 fully saturated rings. The summed E-state index contributed by atoms with van der Waals surface area (Å²) >= 11 is 2.95. The molecule has 30 heavy (non-hydrogen) atoms. The van der Waals surface area contributed by atoms with E-state index in [1.807, 2.05) is 47.7 Å². The maximum absolute atomic E-state index is 13.1. The molecule has 3 rings (SSSR count). The van der Waals surface area contributed by atoms with Crippen LogP contribution in [-0.4, -0.2) is 59.2 Å². The van der Waals surface area contributed by atoms with Gasteiger partial charge >= 0.3 is 0 Å². The van der Waals surface area contributed by atoms with E-state index in [0.29, 0.717) is 37.5 Å². The minimum atomic E-state index is -0.623. The molecule has 0 aliphatic carbocycles. The van der Waals surface area contributed by atoms with Gasteiger partial charge in [0.05, 0.1) is 17.5 Å². The van der Waals surface area contributed by atoms with Gasteiger partial charge in [-0.05, 0) is 29.3 Å². The van der Waals surface area contributed by atoms with Gasteiger partial charge in [0.2, 0.25) is 11.8 Å². The van der Waals surface area contributed by atoms with Crippen LogP contribution in [0.3, 0.4) is 0 Å². The Labute approximate surface area is 184 Å². The van der Waals surface area contributed by atoms with Crippen molar-refractivity contribution in [1.82, 2.24) is 15.1 Å². The van der Waals surface area contributed by atoms with E-state index in [4.69, 9.17) is 5.73 Å². The lowest BCUT2D eigenvalue weighted by Gasteiger charge is -2.30. The summed E-state index contributed by atoms with van der Waals surface area (Å²) in [6.45, 7) is 5.25. The van der Waals surface area contributed by atoms with Crippen LogP contribution >= 0.6 is 22.7 Å². The topological polar surface area (TPSA) is 95.7 Å². The van der Waals surface area contributed by atoms with Gasteiger partial charge in [-0.15, -0.1) is 22.7 Å². The normalized spacial score (nSPS) is 18.6. The summed E-state index contributed by atoms with van der Waals surface area (Å²) in [7, 11) is 0. The Hall–Kier alpha value is -2.23. The van der Waals surface area contributed by atoms with E-state index >= 15 is 0 Å². The third-order valence-electron chi connectivity index (χ3n) is 5.14. The standard InChI is InChI=1S/C21H28N4O3S2/c1-14(2)20(27)24(13-16-5-3-9-29-16)15-11-17(19(26)23-8-7-22)25(12-15)21(28)18-6-4-10-30-18/h3-6,9-10,14-15,17H,7-8,11-13,22H2,1-2H3,(H,23,26). The van der Waals surface area contributed by atoms with Gasteiger partial charge in [0, 0.05) is 30.4 Å². The van der Waals surface area contributed by atoms with E-state index in [1.165, 1.54) is 11.3 Å². The van der Waals surface area contributed by atoms with Gasteiger partial charge in [-0.2, -0.15) is 0 Å². The predicted molar refractivity (Wildman–Crippen MR) is 119 cm³/mol. The van der Waals surface area contributed by atoms with Crippen molar-refractivity contribution in [3.63, 3.8) is 0 Å². The Bertz CT molecular complexity index is 852. The molecule has 1 aliphatic heterocycles. The van der Waals surface area contributed by atoms with Crippen LogP contribution in [0, 0.1) is 5.92 Å². The Morgan fingerprint density at radius 3 is 2.57 bits per heavy atom. The highest BCUT2D eigenvalue weighted by Gasteiger charge is 2.43. The lowest BCUT2D eigenvalue weighted by molar-refractivity contribution is -0.137. The molecule has 2 atom stereocenters. The van der Waals surface area contributed by atoms with Crippen molar-refractivity contribution in [2.24, 2.45) is 11.7 Å². The molecule has 162 valence electrons. The Balaban J connectivity index is 1.86. The van der Waals surface area contributed by atoms with Gasteiger partial charge < -0.3 is 20.9 Å². The highest BCUT2D eigenvalue weighted by atomic mass is 32.1. The lowest BCUT2D eigenvalue weighted by atomic mass is 10.1. The second kappa shape index (κ2) is 10.2. The first-order valence-corrected chi connectivity index (χ1v) is 11.8. The molecule has 1 aliphatic rings. The van der Waals surface area contributed by atoms with Crippen molar-refractivity contribution in [3.05, 3.63) is 44.8 Å². The van der Waals surface area contributed by atoms with Gasteiger partial charge in [-0.1, -0.05) is 26.0 Å². The minimum absolute atomic E-state index is 0.0277. The van der Waals surface area contributed by atoms with Crippen LogP contribution in [0.1, 0.15) is 34.8 Å². The van der Waals surface area contributed by atoms with Crippen LogP contribution in [0.5, 0.6) is 0 Å². The molecule has 3 N–H and O–H groups in total. The number of carbonyl (C=O) groups excluding carboxylic acids is 3. The predicted octanol–water partition coefficient (Wildman–Crippen LogP) is 2.15. The number of nitrogens with one attached hydrogen (secondary N) is 1. The van der Waals surface area contributed by atoms with Crippen molar-refractivity contribution >= 4 is 40.4 Å². The van der Waals surface area contributed by atoms with Gasteiger partial charge in [0.25, 0.3) is 5.91 Å². The summed E-state index contributed by atoms with van der Waals surface area (Å²) in [5.41, 5.74) is 5.53. The van der Waals surface area contributed by atoms with Gasteiger partial charge in [0.15, 0.2) is 0 Å². The first-order valence-electron chi connectivity index (χ1n) is 10.1. The van der Waals surface area contributed by atoms with Crippen molar-refractivity contribution in [2.45, 2.75) is 38.9 Å². The molecule has 7 nitrogen and oxygen atoms in total. The average Bonchev–Trinajstić information content (AvgIpc) is 3.50. The number of likely N-dealkylation sites (tertiary alicyclic amines) is 1. The van der Waals surface area contributed by atoms with Gasteiger partial charge in [-0.25, -0.2) is 0 Å². The highest BCUT2D eigenvalue weighted by Crippen LogP contribution is 2.28. The maximum Gasteiger partial charge on any atom is 0.264 e. The van der Waals surface area contributed by atoms with Crippen molar-refractivity contribution in [1.29, 1.82) is 0 Å². The maximum atomic E-state index is 13.1. The van der Waals surface area contributed by atoms with Crippen LogP contribution in [0.15, 0.2) is 35.0 Å². The summed E-state index contributed by atoms with van der Waals surface area (Å²) < 4.78 is 0. The zero-order valence-corrected chi connectivity index (χ0v) is 18.9. The number of nitrogens with zero attached hydrogens (tertiary/aromatic N) is 2. The molecule has 0 aromatic carbocycles. The SMILES string of the molecule is CC(C)C(=O)N(Cc1cccs1)C1CC(C(=O)NCCN)N(C(=O)c2cccs2)C1. The second-order valence-corrected chi connectivity index (χ2v) is 9.60. The summed E-state index contributed by atoms with van der Waals surface area (Å²) in [5.74, 6) is -0.536. The first kappa shape index (κ1) is 22.5. The summed E-state index contributed by atoms with van der Waals surface area (Å²) in [6.07, 6.45) is 0.414. The number of amides is 3. The monoisotopic (exact) mass is 448 g/mol. The number of carbonyl (C=O) groups is 3. The van der Waals surface area contributed by atoms with Gasteiger partial charge in [-0.3, -0.25) is 14.4 Å². The van der Waals surface area contributed by atoms with E-state index < -0.39 is 6.04 Å². The molecule has 2 unspecified atom stereocenters. The summed E-state index contributed by atoms with van der Waals surface area (Å²) in [4.78, 5) is 44.1. The fourth-order valence-electron chi connectivity index (χ4n) is 3.66. The fraction of sp³-hybridized carbons (Fsp3) is 0.476. The van der Waals surface area contributed by atoms with Crippen LogP contribution in [0.4, 0.5) is 0 Å². The molecule has 3 amide bonds. The van der Waals surface area contributed by atoms with Crippen LogP contribution in [0.2, 0.25) is 0 Å². The molecule has 3 heterocycles. The summed E-state index contributed by atoms with van der Waals surface area (Å²) in [5, 5.41) is 6.63. The van der Waals surface area contributed by atoms with Crippen molar-refractivity contribution in [2.75, 3.05) is 19.6 Å². The van der Waals surface area contributed by atoms with Crippen molar-refractivity contribution in [3.8, 4) is 0 Å². The second-order valence-electron chi connectivity index (χ2n) is 7.62. The quantitative estimate of drug-likeness (QED) is 0.647. The third-order valence-corrected chi connectivity index (χ3v) is 6.86. The molecule has 0 saturated carbocycles. The van der Waals surface area contributed by atoms with E-state index in [9.17, 15) is 14.4 Å². The Morgan fingerprint density at radius 2 is 1.97 bits per heavy atom. The van der Waals surface area contributed by atoms with Gasteiger partial charge in [0.1, 0.15) is 6.04 Å². The third kappa shape index (κ3) is 5.08. The first-order chi connectivity index (χ1) is 14.4. The molecular formula is C21H28N4O3S2. The average molecular weight is 449 g/mol. The van der Waals surface area contributed by atoms with E-state index in [2.05, 4.69) is 5.32 Å². The van der Waals surface area contributed by atoms with Crippen LogP contribution < -0.4 is 11.1 Å². The smallest absolute Gasteiger partial charge is 0.264 e. The zero-order valence-electron chi connectivity index (χ0n) is 17.2. The largest absolute Gasteiger partial charge is 0.353 e. The number of thiophene rings is 2. The number of nitrogens with two attached hydrogens (primary N) is 1. The number of hydrogen-bond donors (Lipinski definition) is 2. The highest BCUT2D eigenvalue weighted by molar-refractivity contribution is 7.12. The fourth-order valence-corrected chi connectivity index (χ4v) is 5.04. The Kier molecular flexibility index (Phi) is 7.63. The van der Waals surface area contributed by atoms with Crippen molar-refractivity contribution < 1.29 is 14.4 Å². The Morgan fingerprint density at radius 1 is 1.23 bits per heavy atom. The molecule has 9 heteroatoms. The molecule has 0 radical (unpaired) electrons. The zero-order chi connectivity index (χ0) is 21.7. The number of rotatable bonds is 8. The van der Waals surface area contributed by atoms with Crippen LogP contribution in [-0.2, 0) is 16.1 Å². The van der Waals surface area contributed by atoms with Crippen LogP contribution in [0.25, 0.3) is 0 Å². The van der Waals surface area contributed by atoms with E-state index in [0.717, 1.165) is 4.88 Å².